The summed E-state index contributed by atoms with van der Waals surface area (Å²) in [7, 11) is 0. The van der Waals surface area contributed by atoms with E-state index in [1.165, 1.54) is 11.3 Å². The molecule has 0 saturated heterocycles. The van der Waals surface area contributed by atoms with Crippen molar-refractivity contribution in [2.45, 2.75) is 34.6 Å². The van der Waals surface area contributed by atoms with Crippen LogP contribution in [-0.2, 0) is 0 Å². The van der Waals surface area contributed by atoms with Gasteiger partial charge < -0.3 is 15.0 Å². The molecule has 0 atom stereocenters. The monoisotopic (exact) mass is 414 g/mol. The van der Waals surface area contributed by atoms with Gasteiger partial charge in [0.05, 0.1) is 17.9 Å². The summed E-state index contributed by atoms with van der Waals surface area (Å²) in [5.41, 5.74) is 1.99. The van der Waals surface area contributed by atoms with Gasteiger partial charge in [0.15, 0.2) is 0 Å². The highest BCUT2D eigenvalue weighted by molar-refractivity contribution is 7.17. The number of amides is 1. The number of thiazole rings is 1. The maximum Gasteiger partial charge on any atom is 0.263 e. The van der Waals surface area contributed by atoms with Gasteiger partial charge in [-0.15, -0.1) is 11.3 Å². The fourth-order valence-electron chi connectivity index (χ4n) is 2.81. The Kier molecular flexibility index (Phi) is 8.62. The van der Waals surface area contributed by atoms with Gasteiger partial charge in [-0.25, -0.2) is 4.98 Å². The highest BCUT2D eigenvalue weighted by atomic mass is 32.1. The van der Waals surface area contributed by atoms with Gasteiger partial charge in [0.25, 0.3) is 5.91 Å². The normalized spacial score (nSPS) is 11.0. The minimum absolute atomic E-state index is 0.101. The molecule has 2 aromatic rings. The van der Waals surface area contributed by atoms with E-state index in [1.807, 2.05) is 13.0 Å². The van der Waals surface area contributed by atoms with Crippen molar-refractivity contribution in [1.29, 1.82) is 5.26 Å². The Balaban J connectivity index is 2.13. The smallest absolute Gasteiger partial charge is 0.263 e. The Bertz CT molecular complexity index is 866. The van der Waals surface area contributed by atoms with Gasteiger partial charge in [-0.1, -0.05) is 27.7 Å². The predicted octanol–water partition coefficient (Wildman–Crippen LogP) is 4.10. The number of aromatic nitrogens is 1. The summed E-state index contributed by atoms with van der Waals surface area (Å²) in [6.45, 7) is 14.1. The van der Waals surface area contributed by atoms with Crippen LogP contribution in [0.2, 0.25) is 0 Å². The molecule has 1 amide bonds. The van der Waals surface area contributed by atoms with Gasteiger partial charge in [0.1, 0.15) is 21.7 Å². The molecule has 0 unspecified atom stereocenters. The SMILES string of the molecule is CCN(CC)CCNC(=O)c1sc(-c2ccc(OCC(C)C)c(C#N)c2)nc1C. The molecule has 29 heavy (non-hydrogen) atoms. The number of aryl methyl sites for hydroxylation is 1. The van der Waals surface area contributed by atoms with Crippen molar-refractivity contribution in [2.24, 2.45) is 5.92 Å². The molecular weight excluding hydrogens is 384 g/mol. The molecule has 1 N–H and O–H groups in total. The van der Waals surface area contributed by atoms with Crippen molar-refractivity contribution in [3.05, 3.63) is 34.3 Å². The first kappa shape index (κ1) is 22.9. The lowest BCUT2D eigenvalue weighted by Gasteiger charge is -2.17. The van der Waals surface area contributed by atoms with Gasteiger partial charge in [0, 0.05) is 18.7 Å². The van der Waals surface area contributed by atoms with Gasteiger partial charge >= 0.3 is 0 Å². The Morgan fingerprint density at radius 2 is 2.07 bits per heavy atom. The molecule has 0 spiro atoms. The molecule has 6 nitrogen and oxygen atoms in total. The molecule has 0 radical (unpaired) electrons. The average Bonchev–Trinajstić information content (AvgIpc) is 3.11. The fraction of sp³-hybridized carbons (Fsp3) is 0.500. The number of ether oxygens (including phenoxy) is 1. The van der Waals surface area contributed by atoms with Crippen molar-refractivity contribution in [3.8, 4) is 22.4 Å². The zero-order valence-electron chi connectivity index (χ0n) is 17.9. The molecular formula is C22H30N4O2S. The molecule has 0 fully saturated rings. The third kappa shape index (κ3) is 6.28. The van der Waals surface area contributed by atoms with E-state index >= 15 is 0 Å². The summed E-state index contributed by atoms with van der Waals surface area (Å²) < 4.78 is 5.72. The van der Waals surface area contributed by atoms with E-state index < -0.39 is 0 Å². The van der Waals surface area contributed by atoms with Gasteiger partial charge in [-0.3, -0.25) is 4.79 Å². The summed E-state index contributed by atoms with van der Waals surface area (Å²) >= 11 is 1.35. The number of nitrogens with zero attached hydrogens (tertiary/aromatic N) is 3. The minimum atomic E-state index is -0.101. The predicted molar refractivity (Wildman–Crippen MR) is 117 cm³/mol. The van der Waals surface area contributed by atoms with Crippen LogP contribution in [0.4, 0.5) is 0 Å². The molecule has 1 heterocycles. The number of carbonyl (C=O) groups excluding carboxylic acids is 1. The number of nitriles is 1. The van der Waals surface area contributed by atoms with Crippen LogP contribution in [0.25, 0.3) is 10.6 Å². The number of hydrogen-bond donors (Lipinski definition) is 1. The molecule has 0 saturated carbocycles. The van der Waals surface area contributed by atoms with Crippen molar-refractivity contribution in [2.75, 3.05) is 32.8 Å². The number of hydrogen-bond acceptors (Lipinski definition) is 6. The Morgan fingerprint density at radius 3 is 2.69 bits per heavy atom. The molecule has 2 rings (SSSR count). The van der Waals surface area contributed by atoms with Crippen molar-refractivity contribution >= 4 is 17.2 Å². The zero-order chi connectivity index (χ0) is 21.4. The summed E-state index contributed by atoms with van der Waals surface area (Å²) in [4.78, 5) is 20.0. The van der Waals surface area contributed by atoms with Crippen LogP contribution in [0.3, 0.4) is 0 Å². The summed E-state index contributed by atoms with van der Waals surface area (Å²) in [6, 6.07) is 7.65. The third-order valence-corrected chi connectivity index (χ3v) is 5.74. The van der Waals surface area contributed by atoms with Crippen LogP contribution in [0.15, 0.2) is 18.2 Å². The van der Waals surface area contributed by atoms with E-state index in [-0.39, 0.29) is 5.91 Å². The van der Waals surface area contributed by atoms with E-state index in [2.05, 4.69) is 49.0 Å². The molecule has 0 aliphatic carbocycles. The number of rotatable bonds is 10. The van der Waals surface area contributed by atoms with Gasteiger partial charge in [0.2, 0.25) is 0 Å². The van der Waals surface area contributed by atoms with Crippen LogP contribution in [0.1, 0.15) is 48.6 Å². The highest BCUT2D eigenvalue weighted by Gasteiger charge is 2.17. The van der Waals surface area contributed by atoms with E-state index in [9.17, 15) is 10.1 Å². The van der Waals surface area contributed by atoms with Crippen molar-refractivity contribution in [3.63, 3.8) is 0 Å². The first-order valence-corrected chi connectivity index (χ1v) is 10.9. The van der Waals surface area contributed by atoms with E-state index in [4.69, 9.17) is 4.74 Å². The molecule has 1 aromatic heterocycles. The van der Waals surface area contributed by atoms with Crippen LogP contribution in [0.5, 0.6) is 5.75 Å². The second-order valence-corrected chi connectivity index (χ2v) is 8.24. The summed E-state index contributed by atoms with van der Waals surface area (Å²) in [6.07, 6.45) is 0. The Hall–Kier alpha value is -2.43. The zero-order valence-corrected chi connectivity index (χ0v) is 18.7. The number of likely N-dealkylation sites (N-methyl/N-ethyl adjacent to an activating group) is 1. The third-order valence-electron chi connectivity index (χ3n) is 4.53. The molecule has 0 aliphatic heterocycles. The van der Waals surface area contributed by atoms with E-state index in [0.29, 0.717) is 41.0 Å². The first-order valence-electron chi connectivity index (χ1n) is 10.0. The lowest BCUT2D eigenvalue weighted by atomic mass is 10.1. The van der Waals surface area contributed by atoms with Crippen molar-refractivity contribution < 1.29 is 9.53 Å². The van der Waals surface area contributed by atoms with Crippen LogP contribution >= 0.6 is 11.3 Å². The number of benzene rings is 1. The molecule has 156 valence electrons. The minimum Gasteiger partial charge on any atom is -0.492 e. The topological polar surface area (TPSA) is 78.3 Å². The lowest BCUT2D eigenvalue weighted by Crippen LogP contribution is -2.34. The standard InChI is InChI=1S/C22H30N4O2S/c1-6-26(7-2)11-10-24-21(27)20-16(5)25-22(29-20)17-8-9-19(18(12-17)13-23)28-14-15(3)4/h8-9,12,15H,6-7,10-11,14H2,1-5H3,(H,24,27). The largest absolute Gasteiger partial charge is 0.492 e. The maximum atomic E-state index is 12.6. The van der Waals surface area contributed by atoms with E-state index in [1.54, 1.807) is 12.1 Å². The van der Waals surface area contributed by atoms with Crippen LogP contribution < -0.4 is 10.1 Å². The molecule has 0 bridgehead atoms. The maximum absolute atomic E-state index is 12.6. The Morgan fingerprint density at radius 1 is 1.34 bits per heavy atom. The molecule has 0 aliphatic rings. The second kappa shape index (κ2) is 10.9. The lowest BCUT2D eigenvalue weighted by molar-refractivity contribution is 0.0952. The van der Waals surface area contributed by atoms with Crippen LogP contribution in [0, 0.1) is 24.2 Å². The summed E-state index contributed by atoms with van der Waals surface area (Å²) in [5.74, 6) is 0.856. The van der Waals surface area contributed by atoms with Gasteiger partial charge in [-0.2, -0.15) is 5.26 Å². The summed E-state index contributed by atoms with van der Waals surface area (Å²) in [5, 5.41) is 13.2. The fourth-order valence-corrected chi connectivity index (χ4v) is 3.79. The molecule has 7 heteroatoms. The Labute approximate surface area is 177 Å². The van der Waals surface area contributed by atoms with Crippen molar-refractivity contribution in [1.82, 2.24) is 15.2 Å². The van der Waals surface area contributed by atoms with Crippen LogP contribution in [-0.4, -0.2) is 48.6 Å². The highest BCUT2D eigenvalue weighted by Crippen LogP contribution is 2.31. The first-order chi connectivity index (χ1) is 13.9. The molecule has 1 aromatic carbocycles. The quantitative estimate of drug-likeness (QED) is 0.633. The number of carbonyl (C=O) groups is 1. The average molecular weight is 415 g/mol. The second-order valence-electron chi connectivity index (χ2n) is 7.24. The van der Waals surface area contributed by atoms with Gasteiger partial charge in [-0.05, 0) is 44.1 Å². The van der Waals surface area contributed by atoms with E-state index in [0.717, 1.165) is 30.2 Å². The number of nitrogens with one attached hydrogen (secondary N) is 1.